The van der Waals surface area contributed by atoms with Gasteiger partial charge in [-0.25, -0.2) is 0 Å². The highest BCUT2D eigenvalue weighted by Crippen LogP contribution is 2.12. The molecule has 0 N–H and O–H groups in total. The lowest BCUT2D eigenvalue weighted by Crippen LogP contribution is -1.98. The fraction of sp³-hybridized carbons (Fsp3) is 0.429. The minimum absolute atomic E-state index is 0.671. The van der Waals surface area contributed by atoms with Gasteiger partial charge in [0.15, 0.2) is 0 Å². The molecule has 0 heterocycles. The van der Waals surface area contributed by atoms with Crippen LogP contribution in [0.2, 0.25) is 0 Å². The fourth-order valence-electron chi connectivity index (χ4n) is 2.44. The maximum atomic E-state index is 5.71. The Kier molecular flexibility index (Phi) is 8.99. The normalized spacial score (nSPS) is 10.7. The fourth-order valence-corrected chi connectivity index (χ4v) is 2.44. The summed E-state index contributed by atoms with van der Waals surface area (Å²) in [6.07, 6.45) is 4.61. The molecule has 130 valence electrons. The van der Waals surface area contributed by atoms with Crippen LogP contribution in [0.4, 0.5) is 0 Å². The van der Waals surface area contributed by atoms with Gasteiger partial charge in [0.2, 0.25) is 0 Å². The summed E-state index contributed by atoms with van der Waals surface area (Å²) in [5.74, 6) is 0.883. The molecule has 0 saturated heterocycles. The summed E-state index contributed by atoms with van der Waals surface area (Å²) >= 11 is 0. The molecule has 0 aromatic heterocycles. The molecule has 2 rings (SSSR count). The van der Waals surface area contributed by atoms with Crippen LogP contribution in [0.1, 0.15) is 36.8 Å². The highest BCUT2D eigenvalue weighted by molar-refractivity contribution is 5.26. The standard InChI is InChI=1S/C21H28O3/c1-22-21-13-11-20(12-14-21)18-24-16-8-3-2-7-15-23-17-19-9-5-4-6-10-19/h4-6,9-14H,2-3,7-8,15-18H2,1H3. The van der Waals surface area contributed by atoms with Crippen LogP contribution in [0.3, 0.4) is 0 Å². The molecule has 0 aliphatic heterocycles. The van der Waals surface area contributed by atoms with E-state index in [-0.39, 0.29) is 0 Å². The smallest absolute Gasteiger partial charge is 0.118 e. The van der Waals surface area contributed by atoms with Crippen molar-refractivity contribution in [1.29, 1.82) is 0 Å². The Labute approximate surface area is 145 Å². The van der Waals surface area contributed by atoms with Crippen LogP contribution >= 0.6 is 0 Å². The van der Waals surface area contributed by atoms with Gasteiger partial charge < -0.3 is 14.2 Å². The Morgan fingerprint density at radius 1 is 0.625 bits per heavy atom. The average molecular weight is 328 g/mol. The van der Waals surface area contributed by atoms with Gasteiger partial charge in [-0.1, -0.05) is 55.3 Å². The van der Waals surface area contributed by atoms with Gasteiger partial charge in [0.05, 0.1) is 20.3 Å². The molecule has 0 atom stereocenters. The predicted molar refractivity (Wildman–Crippen MR) is 97.2 cm³/mol. The Bertz CT molecular complexity index is 537. The van der Waals surface area contributed by atoms with Crippen LogP contribution in [0.25, 0.3) is 0 Å². The van der Waals surface area contributed by atoms with Gasteiger partial charge in [-0.3, -0.25) is 0 Å². The van der Waals surface area contributed by atoms with Crippen LogP contribution in [0.15, 0.2) is 54.6 Å². The van der Waals surface area contributed by atoms with E-state index in [4.69, 9.17) is 14.2 Å². The van der Waals surface area contributed by atoms with Gasteiger partial charge in [-0.05, 0) is 36.1 Å². The zero-order chi connectivity index (χ0) is 16.9. The minimum atomic E-state index is 0.671. The molecule has 0 amide bonds. The molecule has 2 aromatic carbocycles. The van der Waals surface area contributed by atoms with Crippen molar-refractivity contribution >= 4 is 0 Å². The van der Waals surface area contributed by atoms with Gasteiger partial charge in [0, 0.05) is 13.2 Å². The maximum Gasteiger partial charge on any atom is 0.118 e. The van der Waals surface area contributed by atoms with Crippen LogP contribution in [0.5, 0.6) is 5.75 Å². The molecule has 0 spiro atoms. The van der Waals surface area contributed by atoms with Crippen molar-refractivity contribution in [2.45, 2.75) is 38.9 Å². The molecule has 0 radical (unpaired) electrons. The zero-order valence-electron chi connectivity index (χ0n) is 14.6. The van der Waals surface area contributed by atoms with Gasteiger partial charge in [0.25, 0.3) is 0 Å². The topological polar surface area (TPSA) is 27.7 Å². The summed E-state index contributed by atoms with van der Waals surface area (Å²) in [4.78, 5) is 0. The van der Waals surface area contributed by atoms with Crippen molar-refractivity contribution < 1.29 is 14.2 Å². The van der Waals surface area contributed by atoms with Crippen LogP contribution < -0.4 is 4.74 Å². The van der Waals surface area contributed by atoms with E-state index in [0.717, 1.165) is 31.8 Å². The zero-order valence-corrected chi connectivity index (χ0v) is 14.6. The van der Waals surface area contributed by atoms with Gasteiger partial charge >= 0.3 is 0 Å². The Morgan fingerprint density at radius 3 is 1.71 bits per heavy atom. The van der Waals surface area contributed by atoms with Crippen LogP contribution in [0, 0.1) is 0 Å². The van der Waals surface area contributed by atoms with Crippen molar-refractivity contribution in [3.63, 3.8) is 0 Å². The monoisotopic (exact) mass is 328 g/mol. The number of benzene rings is 2. The molecule has 0 fully saturated rings. The van der Waals surface area contributed by atoms with E-state index in [2.05, 4.69) is 12.1 Å². The number of rotatable bonds is 12. The summed E-state index contributed by atoms with van der Waals surface area (Å²) in [5.41, 5.74) is 2.43. The first-order valence-electron chi connectivity index (χ1n) is 8.71. The summed E-state index contributed by atoms with van der Waals surface area (Å²) in [5, 5.41) is 0. The summed E-state index contributed by atoms with van der Waals surface area (Å²) < 4.78 is 16.5. The number of hydrogen-bond acceptors (Lipinski definition) is 3. The van der Waals surface area contributed by atoms with Crippen molar-refractivity contribution in [2.24, 2.45) is 0 Å². The molecule has 0 saturated carbocycles. The third kappa shape index (κ3) is 7.62. The Morgan fingerprint density at radius 2 is 1.17 bits per heavy atom. The van der Waals surface area contributed by atoms with Gasteiger partial charge in [-0.15, -0.1) is 0 Å². The largest absolute Gasteiger partial charge is 0.497 e. The number of ether oxygens (including phenoxy) is 3. The third-order valence-electron chi connectivity index (χ3n) is 3.87. The first kappa shape index (κ1) is 18.5. The molecule has 0 unspecified atom stereocenters. The Hall–Kier alpha value is -1.84. The molecular weight excluding hydrogens is 300 g/mol. The van der Waals surface area contributed by atoms with E-state index in [0.29, 0.717) is 13.2 Å². The highest BCUT2D eigenvalue weighted by Gasteiger charge is 1.96. The van der Waals surface area contributed by atoms with Crippen LogP contribution in [-0.2, 0) is 22.7 Å². The lowest BCUT2D eigenvalue weighted by Gasteiger charge is -2.06. The second kappa shape index (κ2) is 11.7. The average Bonchev–Trinajstić information content (AvgIpc) is 2.64. The third-order valence-corrected chi connectivity index (χ3v) is 3.87. The van der Waals surface area contributed by atoms with E-state index in [1.165, 1.54) is 24.0 Å². The van der Waals surface area contributed by atoms with Gasteiger partial charge in [0.1, 0.15) is 5.75 Å². The number of methoxy groups -OCH3 is 1. The molecule has 3 heteroatoms. The van der Waals surface area contributed by atoms with E-state index < -0.39 is 0 Å². The van der Waals surface area contributed by atoms with Crippen molar-refractivity contribution in [3.05, 3.63) is 65.7 Å². The molecule has 24 heavy (non-hydrogen) atoms. The van der Waals surface area contributed by atoms with E-state index in [1.54, 1.807) is 7.11 Å². The van der Waals surface area contributed by atoms with Crippen molar-refractivity contribution in [3.8, 4) is 5.75 Å². The quantitative estimate of drug-likeness (QED) is 0.514. The molecular formula is C21H28O3. The summed E-state index contributed by atoms with van der Waals surface area (Å²) in [6, 6.07) is 18.3. The SMILES string of the molecule is COc1ccc(COCCCCCCOCc2ccccc2)cc1. The Balaban J connectivity index is 1.40. The van der Waals surface area contributed by atoms with E-state index in [9.17, 15) is 0 Å². The first-order valence-corrected chi connectivity index (χ1v) is 8.71. The summed E-state index contributed by atoms with van der Waals surface area (Å²) in [7, 11) is 1.68. The lowest BCUT2D eigenvalue weighted by molar-refractivity contribution is 0.108. The molecule has 0 aliphatic rings. The van der Waals surface area contributed by atoms with E-state index in [1.807, 2.05) is 42.5 Å². The van der Waals surface area contributed by atoms with E-state index >= 15 is 0 Å². The minimum Gasteiger partial charge on any atom is -0.497 e. The lowest BCUT2D eigenvalue weighted by atomic mass is 10.2. The number of unbranched alkanes of at least 4 members (excludes halogenated alkanes) is 3. The highest BCUT2D eigenvalue weighted by atomic mass is 16.5. The van der Waals surface area contributed by atoms with Crippen LogP contribution in [-0.4, -0.2) is 20.3 Å². The molecule has 2 aromatic rings. The molecule has 0 bridgehead atoms. The molecule has 3 nitrogen and oxygen atoms in total. The summed E-state index contributed by atoms with van der Waals surface area (Å²) in [6.45, 7) is 3.04. The predicted octanol–water partition coefficient (Wildman–Crippen LogP) is 4.99. The first-order chi connectivity index (χ1) is 11.9. The maximum absolute atomic E-state index is 5.71. The second-order valence-corrected chi connectivity index (χ2v) is 5.85. The molecule has 0 aliphatic carbocycles. The van der Waals surface area contributed by atoms with Crippen molar-refractivity contribution in [2.75, 3.05) is 20.3 Å². The number of hydrogen-bond donors (Lipinski definition) is 0. The van der Waals surface area contributed by atoms with Crippen molar-refractivity contribution in [1.82, 2.24) is 0 Å². The second-order valence-electron chi connectivity index (χ2n) is 5.85. The van der Waals surface area contributed by atoms with Gasteiger partial charge in [-0.2, -0.15) is 0 Å².